The second kappa shape index (κ2) is 11.3. The second-order valence-corrected chi connectivity index (χ2v) is 9.39. The smallest absolute Gasteiger partial charge is 0.309 e. The first-order chi connectivity index (χ1) is 17.7. The molecule has 0 atom stereocenters. The molecule has 196 valence electrons. The molecule has 1 N–H and O–H groups in total. The minimum absolute atomic E-state index is 0.313. The fourth-order valence-corrected chi connectivity index (χ4v) is 4.95. The van der Waals surface area contributed by atoms with Crippen molar-refractivity contribution in [2.75, 3.05) is 26.7 Å². The molecule has 2 aromatic carbocycles. The number of benzene rings is 2. The third-order valence-corrected chi connectivity index (χ3v) is 7.18. The van der Waals surface area contributed by atoms with Crippen LogP contribution in [0.1, 0.15) is 36.8 Å². The number of ether oxygens (including phenoxy) is 1. The van der Waals surface area contributed by atoms with Crippen LogP contribution in [0.15, 0.2) is 42.6 Å². The monoisotopic (exact) mass is 516 g/mol. The number of aromatic nitrogens is 1. The molecule has 1 aromatic heterocycles. The van der Waals surface area contributed by atoms with Crippen LogP contribution in [0.25, 0.3) is 17.0 Å². The molecule has 0 radical (unpaired) electrons. The van der Waals surface area contributed by atoms with Gasteiger partial charge in [-0.2, -0.15) is 0 Å². The van der Waals surface area contributed by atoms with E-state index in [1.165, 1.54) is 19.4 Å². The third-order valence-electron chi connectivity index (χ3n) is 7.18. The van der Waals surface area contributed by atoms with Crippen LogP contribution in [0.2, 0.25) is 0 Å². The molecule has 0 unspecified atom stereocenters. The van der Waals surface area contributed by atoms with E-state index >= 15 is 0 Å². The average molecular weight is 517 g/mol. The summed E-state index contributed by atoms with van der Waals surface area (Å²) in [7, 11) is 1.53. The van der Waals surface area contributed by atoms with Gasteiger partial charge in [-0.1, -0.05) is 12.2 Å². The molecule has 0 spiro atoms. The maximum atomic E-state index is 14.6. The van der Waals surface area contributed by atoms with Crippen molar-refractivity contribution >= 4 is 22.9 Å². The van der Waals surface area contributed by atoms with Crippen LogP contribution >= 0.6 is 0 Å². The van der Waals surface area contributed by atoms with E-state index in [0.29, 0.717) is 86.1 Å². The van der Waals surface area contributed by atoms with E-state index in [9.17, 15) is 27.5 Å². The highest BCUT2D eigenvalue weighted by Gasteiger charge is 2.40. The molecule has 0 aliphatic carbocycles. The Kier molecular flexibility index (Phi) is 8.12. The average Bonchev–Trinajstić information content (AvgIpc) is 2.87. The lowest BCUT2D eigenvalue weighted by atomic mass is 9.74. The van der Waals surface area contributed by atoms with Crippen molar-refractivity contribution in [3.05, 3.63) is 77.0 Å². The molecule has 0 saturated carbocycles. The molecular weight excluding hydrogens is 488 g/mol. The predicted molar refractivity (Wildman–Crippen MR) is 132 cm³/mol. The molecule has 1 aliphatic rings. The number of nitrogens with zero attached hydrogens (tertiary/aromatic N) is 2. The van der Waals surface area contributed by atoms with Crippen LogP contribution in [0.3, 0.4) is 0 Å². The first kappa shape index (κ1) is 26.6. The molecule has 37 heavy (non-hydrogen) atoms. The van der Waals surface area contributed by atoms with E-state index in [2.05, 4.69) is 4.98 Å². The van der Waals surface area contributed by atoms with Gasteiger partial charge >= 0.3 is 5.97 Å². The predicted octanol–water partition coefficient (Wildman–Crippen LogP) is 6.00. The van der Waals surface area contributed by atoms with E-state index < -0.39 is 34.7 Å². The Balaban J connectivity index is 1.37. The number of fused-ring (bicyclic) bond motifs is 1. The highest BCUT2D eigenvalue weighted by atomic mass is 19.1. The lowest BCUT2D eigenvalue weighted by Gasteiger charge is -2.38. The van der Waals surface area contributed by atoms with E-state index in [4.69, 9.17) is 4.74 Å². The van der Waals surface area contributed by atoms with Crippen LogP contribution in [0.5, 0.6) is 5.75 Å². The molecular formula is C28H28F4N2O3. The zero-order chi connectivity index (χ0) is 26.6. The number of pyridine rings is 1. The largest absolute Gasteiger partial charge is 0.497 e. The fraction of sp³-hybridized carbons (Fsp3) is 0.357. The van der Waals surface area contributed by atoms with Gasteiger partial charge in [0.1, 0.15) is 29.0 Å². The first-order valence-corrected chi connectivity index (χ1v) is 12.1. The molecule has 1 saturated heterocycles. The van der Waals surface area contributed by atoms with Crippen LogP contribution in [-0.2, 0) is 11.2 Å². The summed E-state index contributed by atoms with van der Waals surface area (Å²) in [5.74, 6) is -3.65. The minimum atomic E-state index is -0.979. The minimum Gasteiger partial charge on any atom is -0.497 e. The van der Waals surface area contributed by atoms with E-state index in [0.717, 1.165) is 0 Å². The highest BCUT2D eigenvalue weighted by Crippen LogP contribution is 2.37. The van der Waals surface area contributed by atoms with Gasteiger partial charge in [0.15, 0.2) is 0 Å². The lowest BCUT2D eigenvalue weighted by molar-refractivity contribution is -0.152. The van der Waals surface area contributed by atoms with Crippen molar-refractivity contribution in [2.24, 2.45) is 5.41 Å². The summed E-state index contributed by atoms with van der Waals surface area (Å²) in [5, 5.41) is 10.7. The summed E-state index contributed by atoms with van der Waals surface area (Å²) in [4.78, 5) is 18.4. The number of carbonyl (C=O) groups is 1. The van der Waals surface area contributed by atoms with Gasteiger partial charge in [0, 0.05) is 29.6 Å². The Hall–Kier alpha value is -3.46. The van der Waals surface area contributed by atoms with Gasteiger partial charge in [-0.25, -0.2) is 17.6 Å². The molecule has 2 heterocycles. The number of carboxylic acids is 1. The number of halogens is 4. The quantitative estimate of drug-likeness (QED) is 0.354. The van der Waals surface area contributed by atoms with Gasteiger partial charge in [-0.15, -0.1) is 0 Å². The Morgan fingerprint density at radius 1 is 1.11 bits per heavy atom. The van der Waals surface area contributed by atoms with E-state index in [1.54, 1.807) is 24.3 Å². The number of piperidine rings is 1. The molecule has 1 aliphatic heterocycles. The number of aliphatic carboxylic acids is 1. The Bertz CT molecular complexity index is 1300. The maximum Gasteiger partial charge on any atom is 0.309 e. The number of likely N-dealkylation sites (tertiary alicyclic amines) is 1. The summed E-state index contributed by atoms with van der Waals surface area (Å²) < 4.78 is 60.6. The van der Waals surface area contributed by atoms with Crippen LogP contribution < -0.4 is 4.74 Å². The maximum absolute atomic E-state index is 14.6. The van der Waals surface area contributed by atoms with Gasteiger partial charge < -0.3 is 9.84 Å². The highest BCUT2D eigenvalue weighted by molar-refractivity contribution is 5.83. The summed E-state index contributed by atoms with van der Waals surface area (Å²) in [6, 6.07) is 6.51. The SMILES string of the molecule is COc1ccc2ncc(F)c(CCCC3(C(=O)O)CCN(C/C=C/c4c(F)cc(F)cc4F)CC3)c2c1. The number of hydrogen-bond acceptors (Lipinski definition) is 4. The second-order valence-electron chi connectivity index (χ2n) is 9.39. The summed E-state index contributed by atoms with van der Waals surface area (Å²) in [6.45, 7) is 1.37. The van der Waals surface area contributed by atoms with Crippen molar-refractivity contribution in [3.8, 4) is 5.75 Å². The van der Waals surface area contributed by atoms with Crippen LogP contribution in [-0.4, -0.2) is 47.7 Å². The molecule has 0 bridgehead atoms. The third kappa shape index (κ3) is 5.93. The number of carboxylic acid groups (broad SMARTS) is 1. The normalized spacial score (nSPS) is 15.9. The summed E-state index contributed by atoms with van der Waals surface area (Å²) in [5.41, 5.74) is -0.0993. The van der Waals surface area contributed by atoms with Gasteiger partial charge in [-0.3, -0.25) is 14.7 Å². The molecule has 5 nitrogen and oxygen atoms in total. The zero-order valence-electron chi connectivity index (χ0n) is 20.4. The van der Waals surface area contributed by atoms with Crippen molar-refractivity contribution in [1.29, 1.82) is 0 Å². The fourth-order valence-electron chi connectivity index (χ4n) is 4.95. The van der Waals surface area contributed by atoms with Crippen molar-refractivity contribution in [3.63, 3.8) is 0 Å². The lowest BCUT2D eigenvalue weighted by Crippen LogP contribution is -2.44. The molecule has 3 aromatic rings. The zero-order valence-corrected chi connectivity index (χ0v) is 20.4. The van der Waals surface area contributed by atoms with Crippen LogP contribution in [0, 0.1) is 28.7 Å². The molecule has 0 amide bonds. The number of rotatable bonds is 9. The van der Waals surface area contributed by atoms with Crippen molar-refractivity contribution in [1.82, 2.24) is 9.88 Å². The number of hydrogen-bond donors (Lipinski definition) is 1. The summed E-state index contributed by atoms with van der Waals surface area (Å²) >= 11 is 0. The Labute approximate surface area is 212 Å². The Morgan fingerprint density at radius 2 is 1.81 bits per heavy atom. The van der Waals surface area contributed by atoms with E-state index in [1.807, 2.05) is 4.90 Å². The standard InChI is InChI=1S/C28H28F4N2O3/c1-37-19-6-7-26-22(16-19)20(25(32)17-33-26)4-2-8-28(27(35)36)9-12-34(13-10-28)11-3-5-21-23(30)14-18(29)15-24(21)31/h3,5-7,14-17H,2,4,8-13H2,1H3,(H,35,36)/b5-3+. The first-order valence-electron chi connectivity index (χ1n) is 12.1. The van der Waals surface area contributed by atoms with Gasteiger partial charge in [-0.05, 0) is 69.0 Å². The van der Waals surface area contributed by atoms with Gasteiger partial charge in [0.25, 0.3) is 0 Å². The van der Waals surface area contributed by atoms with Gasteiger partial charge in [0.2, 0.25) is 0 Å². The number of aryl methyl sites for hydroxylation is 1. The van der Waals surface area contributed by atoms with Crippen molar-refractivity contribution in [2.45, 2.75) is 32.1 Å². The summed E-state index contributed by atoms with van der Waals surface area (Å²) in [6.07, 6.45) is 6.10. The molecule has 4 rings (SSSR count). The molecule has 9 heteroatoms. The topological polar surface area (TPSA) is 62.7 Å². The Morgan fingerprint density at radius 3 is 2.46 bits per heavy atom. The molecule has 1 fully saturated rings. The van der Waals surface area contributed by atoms with Crippen LogP contribution in [0.4, 0.5) is 17.6 Å². The van der Waals surface area contributed by atoms with E-state index in [-0.39, 0.29) is 5.56 Å². The number of methoxy groups -OCH3 is 1. The van der Waals surface area contributed by atoms with Gasteiger partial charge in [0.05, 0.1) is 24.2 Å². The van der Waals surface area contributed by atoms with Crippen molar-refractivity contribution < 1.29 is 32.2 Å².